The first-order valence-corrected chi connectivity index (χ1v) is 11.8. The lowest BCUT2D eigenvalue weighted by molar-refractivity contribution is -0.146. The number of aliphatic carboxylic acids is 1. The molecule has 2 N–H and O–H groups in total. The van der Waals surface area contributed by atoms with Crippen molar-refractivity contribution in [2.75, 3.05) is 18.1 Å². The van der Waals surface area contributed by atoms with E-state index in [-0.39, 0.29) is 25.2 Å². The number of hydrogen-bond acceptors (Lipinski definition) is 6. The van der Waals surface area contributed by atoms with Gasteiger partial charge in [-0.15, -0.1) is 0 Å². The quantitative estimate of drug-likeness (QED) is 0.502. The van der Waals surface area contributed by atoms with Gasteiger partial charge in [-0.2, -0.15) is 0 Å². The summed E-state index contributed by atoms with van der Waals surface area (Å²) < 4.78 is 29.3. The van der Waals surface area contributed by atoms with Gasteiger partial charge in [-0.25, -0.2) is 13.2 Å². The van der Waals surface area contributed by atoms with E-state index in [2.05, 4.69) is 5.32 Å². The predicted molar refractivity (Wildman–Crippen MR) is 116 cm³/mol. The largest absolute Gasteiger partial charge is 0.480 e. The van der Waals surface area contributed by atoms with E-state index in [1.54, 1.807) is 0 Å². The van der Waals surface area contributed by atoms with Crippen molar-refractivity contribution >= 4 is 38.5 Å². The standard InChI is InChI=1S/C22H27NO7S/c1-3-31(28,29)14-18(13-17-9-6-8-16-7-4-5-10-19(16)17)21(25)23-20(22(26)27)11-12-30-15(2)24/h4-10,18,20H,3,11-14H2,1-2H3,(H,23,25)(H,26,27)/t18-,20+/m1/s1. The third-order valence-electron chi connectivity index (χ3n) is 4.94. The highest BCUT2D eigenvalue weighted by atomic mass is 32.2. The van der Waals surface area contributed by atoms with Crippen LogP contribution < -0.4 is 5.32 Å². The van der Waals surface area contributed by atoms with E-state index in [1.165, 1.54) is 13.8 Å². The van der Waals surface area contributed by atoms with Crippen molar-refractivity contribution in [1.29, 1.82) is 0 Å². The predicted octanol–water partition coefficient (Wildman–Crippen LogP) is 1.96. The Bertz CT molecular complexity index is 1040. The third-order valence-corrected chi connectivity index (χ3v) is 6.73. The molecule has 0 aliphatic heterocycles. The van der Waals surface area contributed by atoms with Crippen LogP contribution in [0.1, 0.15) is 25.8 Å². The summed E-state index contributed by atoms with van der Waals surface area (Å²) in [5.74, 6) is -4.00. The molecule has 2 atom stereocenters. The number of amides is 1. The number of carboxylic acids is 1. The van der Waals surface area contributed by atoms with Gasteiger partial charge in [-0.05, 0) is 22.8 Å². The lowest BCUT2D eigenvalue weighted by Gasteiger charge is -2.21. The molecule has 0 heterocycles. The molecule has 1 amide bonds. The van der Waals surface area contributed by atoms with Crippen LogP contribution in [0.3, 0.4) is 0 Å². The number of sulfone groups is 1. The summed E-state index contributed by atoms with van der Waals surface area (Å²) in [5, 5.41) is 13.7. The van der Waals surface area contributed by atoms with E-state index in [1.807, 2.05) is 42.5 Å². The minimum atomic E-state index is -3.50. The van der Waals surface area contributed by atoms with Gasteiger partial charge in [0.15, 0.2) is 9.84 Å². The van der Waals surface area contributed by atoms with E-state index in [4.69, 9.17) is 4.74 Å². The topological polar surface area (TPSA) is 127 Å². The molecule has 168 valence electrons. The number of carbonyl (C=O) groups is 3. The summed E-state index contributed by atoms with van der Waals surface area (Å²) >= 11 is 0. The molecule has 0 bridgehead atoms. The van der Waals surface area contributed by atoms with E-state index in [0.717, 1.165) is 16.3 Å². The van der Waals surface area contributed by atoms with E-state index in [9.17, 15) is 27.9 Å². The number of benzene rings is 2. The third kappa shape index (κ3) is 7.36. The molecule has 0 saturated heterocycles. The van der Waals surface area contributed by atoms with Crippen molar-refractivity contribution in [2.24, 2.45) is 5.92 Å². The van der Waals surface area contributed by atoms with Crippen LogP contribution in [0.15, 0.2) is 42.5 Å². The Morgan fingerprint density at radius 1 is 1.10 bits per heavy atom. The number of rotatable bonds is 11. The Hall–Kier alpha value is -2.94. The van der Waals surface area contributed by atoms with Crippen LogP contribution in [0, 0.1) is 5.92 Å². The molecule has 0 aliphatic carbocycles. The van der Waals surface area contributed by atoms with Crippen molar-refractivity contribution in [1.82, 2.24) is 5.32 Å². The van der Waals surface area contributed by atoms with Gasteiger partial charge < -0.3 is 15.2 Å². The molecule has 0 unspecified atom stereocenters. The molecular formula is C22H27NO7S. The summed E-state index contributed by atoms with van der Waals surface area (Å²) in [6, 6.07) is 11.9. The molecule has 0 spiro atoms. The van der Waals surface area contributed by atoms with Gasteiger partial charge in [0.25, 0.3) is 0 Å². The summed E-state index contributed by atoms with van der Waals surface area (Å²) in [4.78, 5) is 35.4. The van der Waals surface area contributed by atoms with Crippen LogP contribution in [0.25, 0.3) is 10.8 Å². The Labute approximate surface area is 181 Å². The maximum Gasteiger partial charge on any atom is 0.326 e. The molecule has 31 heavy (non-hydrogen) atoms. The molecule has 2 aromatic rings. The van der Waals surface area contributed by atoms with Gasteiger partial charge in [0.1, 0.15) is 6.04 Å². The Morgan fingerprint density at radius 2 is 1.77 bits per heavy atom. The average Bonchev–Trinajstić information content (AvgIpc) is 2.72. The molecule has 2 rings (SSSR count). The lowest BCUT2D eigenvalue weighted by Crippen LogP contribution is -2.46. The van der Waals surface area contributed by atoms with Crippen molar-refractivity contribution in [3.8, 4) is 0 Å². The minimum absolute atomic E-state index is 0.123. The fraction of sp³-hybridized carbons (Fsp3) is 0.409. The van der Waals surface area contributed by atoms with Gasteiger partial charge >= 0.3 is 11.9 Å². The van der Waals surface area contributed by atoms with Crippen LogP contribution >= 0.6 is 0 Å². The van der Waals surface area contributed by atoms with Gasteiger partial charge in [0.05, 0.1) is 18.3 Å². The molecule has 0 aliphatic rings. The first-order chi connectivity index (χ1) is 14.6. The van der Waals surface area contributed by atoms with E-state index < -0.39 is 45.4 Å². The second-order valence-corrected chi connectivity index (χ2v) is 9.66. The fourth-order valence-corrected chi connectivity index (χ4v) is 4.37. The van der Waals surface area contributed by atoms with Crippen LogP contribution in [0.5, 0.6) is 0 Å². The number of nitrogens with one attached hydrogen (secondary N) is 1. The molecule has 0 aromatic heterocycles. The second-order valence-electron chi connectivity index (χ2n) is 7.27. The number of ether oxygens (including phenoxy) is 1. The fourth-order valence-electron chi connectivity index (χ4n) is 3.26. The van der Waals surface area contributed by atoms with E-state index in [0.29, 0.717) is 0 Å². The van der Waals surface area contributed by atoms with Crippen molar-refractivity contribution in [3.63, 3.8) is 0 Å². The van der Waals surface area contributed by atoms with E-state index >= 15 is 0 Å². The summed E-state index contributed by atoms with van der Waals surface area (Å²) in [6.45, 7) is 2.53. The van der Waals surface area contributed by atoms with Gasteiger partial charge in [0, 0.05) is 19.1 Å². The monoisotopic (exact) mass is 449 g/mol. The Balaban J connectivity index is 2.26. The van der Waals surface area contributed by atoms with Gasteiger partial charge in [0.2, 0.25) is 5.91 Å². The SMILES string of the molecule is CCS(=O)(=O)C[C@@H](Cc1cccc2ccccc12)C(=O)N[C@@H](CCOC(C)=O)C(=O)O. The Kier molecular flexibility index (Phi) is 8.56. The van der Waals surface area contributed by atoms with Crippen LogP contribution in [-0.2, 0) is 35.4 Å². The minimum Gasteiger partial charge on any atom is -0.480 e. The zero-order valence-electron chi connectivity index (χ0n) is 17.5. The first-order valence-electron chi connectivity index (χ1n) is 9.96. The lowest BCUT2D eigenvalue weighted by atomic mass is 9.95. The number of esters is 1. The molecule has 0 radical (unpaired) electrons. The van der Waals surface area contributed by atoms with Crippen molar-refractivity contribution in [2.45, 2.75) is 32.7 Å². The zero-order valence-corrected chi connectivity index (χ0v) is 18.4. The van der Waals surface area contributed by atoms with Gasteiger partial charge in [-0.3, -0.25) is 9.59 Å². The van der Waals surface area contributed by atoms with Crippen LogP contribution in [0.2, 0.25) is 0 Å². The van der Waals surface area contributed by atoms with Crippen LogP contribution in [0.4, 0.5) is 0 Å². The zero-order chi connectivity index (χ0) is 23.0. The first kappa shape index (κ1) is 24.3. The Morgan fingerprint density at radius 3 is 2.42 bits per heavy atom. The van der Waals surface area contributed by atoms with Crippen LogP contribution in [-0.4, -0.2) is 55.5 Å². The molecule has 0 saturated carbocycles. The van der Waals surface area contributed by atoms with Gasteiger partial charge in [-0.1, -0.05) is 49.4 Å². The maximum atomic E-state index is 12.9. The summed E-state index contributed by atoms with van der Waals surface area (Å²) in [6.07, 6.45) is 0.0187. The highest BCUT2D eigenvalue weighted by Crippen LogP contribution is 2.22. The summed E-state index contributed by atoms with van der Waals surface area (Å²) in [7, 11) is -3.50. The highest BCUT2D eigenvalue weighted by Gasteiger charge is 2.29. The molecule has 0 fully saturated rings. The van der Waals surface area contributed by atoms with Crippen molar-refractivity contribution in [3.05, 3.63) is 48.0 Å². The highest BCUT2D eigenvalue weighted by molar-refractivity contribution is 7.91. The second kappa shape index (κ2) is 10.9. The number of carboxylic acid groups (broad SMARTS) is 1. The molecular weight excluding hydrogens is 422 g/mol. The average molecular weight is 450 g/mol. The smallest absolute Gasteiger partial charge is 0.326 e. The number of fused-ring (bicyclic) bond motifs is 1. The van der Waals surface area contributed by atoms with Crippen molar-refractivity contribution < 1.29 is 32.6 Å². The normalized spacial score (nSPS) is 13.4. The summed E-state index contributed by atoms with van der Waals surface area (Å²) in [5.41, 5.74) is 0.802. The maximum absolute atomic E-state index is 12.9. The molecule has 8 nitrogen and oxygen atoms in total. The number of carbonyl (C=O) groups excluding carboxylic acids is 2. The molecule has 2 aromatic carbocycles. The molecule has 9 heteroatoms. The number of hydrogen-bond donors (Lipinski definition) is 2.